The third kappa shape index (κ3) is 26.3. The van der Waals surface area contributed by atoms with Crippen molar-refractivity contribution in [2.75, 3.05) is 31.1 Å². The van der Waals surface area contributed by atoms with E-state index in [1.807, 2.05) is 13.8 Å². The lowest BCUT2D eigenvalue weighted by Crippen LogP contribution is -2.63. The molecule has 3 fully saturated rings. The normalized spacial score (nSPS) is 18.7. The van der Waals surface area contributed by atoms with Crippen molar-refractivity contribution >= 4 is 132 Å². The van der Waals surface area contributed by atoms with E-state index < -0.39 is 172 Å². The maximum Gasteiger partial charge on any atom is 0.327 e. The number of hydrogen-bond donors (Lipinski definition) is 19. The largest absolute Gasteiger partial charge is 0.508 e. The molecule has 0 radical (unpaired) electrons. The van der Waals surface area contributed by atoms with Crippen LogP contribution in [0, 0.1) is 5.92 Å². The highest BCUT2D eigenvalue weighted by atomic mass is 35.5. The average molecular weight is 1590 g/mol. The number of nitrogens with two attached hydrogens (primary N) is 3. The number of phenols is 1. The monoisotopic (exact) mass is 1590 g/mol. The number of imidazole rings is 1. The van der Waals surface area contributed by atoms with Crippen LogP contribution in [-0.4, -0.2) is 238 Å². The number of aromatic nitrogens is 2. The summed E-state index contributed by atoms with van der Waals surface area (Å²) >= 11 is 9.89. The molecule has 109 heavy (non-hydrogen) atoms. The van der Waals surface area contributed by atoms with Crippen molar-refractivity contribution in [3.63, 3.8) is 0 Å². The topological polar surface area (TPSA) is 528 Å². The van der Waals surface area contributed by atoms with Gasteiger partial charge in [-0.3, -0.25) is 62.5 Å². The SMILES string of the molecule is CC(C)C[C@H](NC(=O)[C@H]1CSC2C[C@@H](NC(=O)[C@H](Cc3ccccc3)NC(=O)[C@H](Cc3cnc[nH]3)NC(=O)CNC(=O)[C@@H](NC(=O)[C@H](NC(=O)[C@H](Cc3ccccc3)NC(=O)[C@@H](N)CCCN=C(N)N)C(C)(C)S)[C@@H](C)O)C(=O)N21)C(=O)N[C@@H](Cc1ccc(O)cc1)C(=O)N1CCC[C@H]1C(=O)N[C@@H](CS)C(=O)O.Cl. The van der Waals surface area contributed by atoms with Gasteiger partial charge in [0.05, 0.1) is 30.4 Å². The van der Waals surface area contributed by atoms with Gasteiger partial charge in [-0.2, -0.15) is 25.3 Å². The number of halogens is 1. The lowest BCUT2D eigenvalue weighted by atomic mass is 9.99. The van der Waals surface area contributed by atoms with Crippen LogP contribution in [-0.2, 0) is 88.0 Å². The number of carboxylic acid groups (broad SMARTS) is 1. The number of hydrogen-bond acceptors (Lipinski definition) is 21. The molecule has 3 aliphatic heterocycles. The molecule has 3 saturated heterocycles. The van der Waals surface area contributed by atoms with Crippen LogP contribution < -0.4 is 70.4 Å². The Morgan fingerprint density at radius 2 is 1.26 bits per heavy atom. The van der Waals surface area contributed by atoms with E-state index in [-0.39, 0.29) is 106 Å². The minimum absolute atomic E-state index is 0. The number of aromatic amines is 1. The van der Waals surface area contributed by atoms with Gasteiger partial charge in [0, 0.05) is 73.3 Å². The number of nitrogens with one attached hydrogen (secondary N) is 11. The molecule has 7 rings (SSSR count). The summed E-state index contributed by atoms with van der Waals surface area (Å²) in [5.41, 5.74) is 19.1. The zero-order valence-electron chi connectivity index (χ0n) is 60.9. The van der Waals surface area contributed by atoms with E-state index in [9.17, 15) is 77.6 Å². The predicted octanol–water partition coefficient (Wildman–Crippen LogP) is -2.52. The Balaban J connectivity index is 0.0000186. The first-order chi connectivity index (χ1) is 51.2. The van der Waals surface area contributed by atoms with Gasteiger partial charge in [-0.1, -0.05) is 86.6 Å². The van der Waals surface area contributed by atoms with E-state index in [1.54, 1.807) is 72.8 Å². The second-order valence-electron chi connectivity index (χ2n) is 27.7. The number of aliphatic carboxylic acids is 1. The highest BCUT2D eigenvalue weighted by Crippen LogP contribution is 2.38. The Bertz CT molecular complexity index is 3840. The Morgan fingerprint density at radius 1 is 0.697 bits per heavy atom. The molecule has 20 N–H and O–H groups in total. The number of likely N-dealkylation sites (tertiary alicyclic amines) is 1. The van der Waals surface area contributed by atoms with Crippen LogP contribution >= 0.6 is 49.4 Å². The van der Waals surface area contributed by atoms with Crippen LogP contribution in [0.5, 0.6) is 5.75 Å². The molecule has 0 spiro atoms. The number of thioether (sulfide) groups is 1. The fourth-order valence-corrected chi connectivity index (χ4v) is 14.4. The molecule has 12 amide bonds. The van der Waals surface area contributed by atoms with Gasteiger partial charge in [-0.25, -0.2) is 9.78 Å². The molecule has 3 aliphatic rings. The van der Waals surface area contributed by atoms with E-state index in [1.165, 1.54) is 67.0 Å². The second kappa shape index (κ2) is 41.8. The third-order valence-corrected chi connectivity index (χ3v) is 20.1. The van der Waals surface area contributed by atoms with Crippen molar-refractivity contribution in [1.82, 2.24) is 72.9 Å². The zero-order chi connectivity index (χ0) is 79.1. The summed E-state index contributed by atoms with van der Waals surface area (Å²) in [6.07, 6.45) is 1.79. The van der Waals surface area contributed by atoms with Crippen LogP contribution in [0.2, 0.25) is 0 Å². The average Bonchev–Trinajstić information content (AvgIpc) is 1.62. The zero-order valence-corrected chi connectivity index (χ0v) is 64.3. The first kappa shape index (κ1) is 88.2. The number of thiol groups is 2. The molecule has 34 nitrogen and oxygen atoms in total. The van der Waals surface area contributed by atoms with E-state index in [2.05, 4.69) is 93.4 Å². The first-order valence-electron chi connectivity index (χ1n) is 35.3. The summed E-state index contributed by atoms with van der Waals surface area (Å²) in [6.45, 7) is 7.29. The van der Waals surface area contributed by atoms with Gasteiger partial charge in [0.25, 0.3) is 0 Å². The Morgan fingerprint density at radius 3 is 1.83 bits per heavy atom. The first-order valence-corrected chi connectivity index (χ1v) is 37.5. The quantitative estimate of drug-likeness (QED) is 0.00949. The van der Waals surface area contributed by atoms with E-state index in [0.29, 0.717) is 35.2 Å². The number of aliphatic hydroxyl groups is 1. The number of amides is 12. The molecule has 0 aliphatic carbocycles. The number of aromatic hydroxyl groups is 1. The fourth-order valence-electron chi connectivity index (χ4n) is 12.5. The van der Waals surface area contributed by atoms with Crippen molar-refractivity contribution in [2.45, 2.75) is 188 Å². The number of H-pyrrole nitrogens is 1. The third-order valence-electron chi connectivity index (χ3n) is 18.2. The number of aliphatic imine (C=N–C) groups is 1. The van der Waals surface area contributed by atoms with Gasteiger partial charge < -0.3 is 100 Å². The minimum atomic E-state index is -1.76. The standard InChI is InChI=1S/C71H98N18O16S3.ClH/c1-37(2)26-45(59(94)83-49(29-41-20-22-43(91)23-21-41)67(102)88-25-13-19-52(88)63(98)85-51(34-106)69(104)105)82-64(99)53-35-108-55-31-50(68(103)89(53)55)84-60(95)46(27-39-14-8-6-9-15-39)81-61(96)48(30-42-32-75-36-78-42)79-54(92)33-77-65(100)56(38(3)90)86-66(101)57(71(4,5)107)87-62(97)47(28-40-16-10-7-11-17-40)80-58(93)44(72)18-12-24-76-70(73)74;/h6-11,14-17,20-23,32,36-38,44-53,55-57,90-91,106-107H,12-13,18-19,24-31,33-35,72H2,1-5H3,(H,75,78)(H,77,100)(H,79,92)(H,80,93)(H,81,96)(H,82,99)(H,83,94)(H,84,95)(H,85,98)(H,86,101)(H,87,97)(H,104,105)(H4,73,74,76);1H/t38-,44+,45+,46+,47+,48+,49+,50-,51+,52+,53-,55?,56+,57+;/m1./s1. The number of carboxylic acids is 1. The van der Waals surface area contributed by atoms with Crippen molar-refractivity contribution < 1.29 is 77.6 Å². The van der Waals surface area contributed by atoms with Crippen molar-refractivity contribution in [1.29, 1.82) is 0 Å². The summed E-state index contributed by atoms with van der Waals surface area (Å²) in [6, 6.07) is 7.25. The summed E-state index contributed by atoms with van der Waals surface area (Å²) in [5.74, 6) is -11.5. The van der Waals surface area contributed by atoms with E-state index in [4.69, 9.17) is 17.2 Å². The molecule has 4 heterocycles. The van der Waals surface area contributed by atoms with Crippen LogP contribution in [0.1, 0.15) is 95.5 Å². The minimum Gasteiger partial charge on any atom is -0.508 e. The maximum absolute atomic E-state index is 14.7. The molecule has 0 saturated carbocycles. The van der Waals surface area contributed by atoms with Gasteiger partial charge in [-0.15, -0.1) is 24.2 Å². The summed E-state index contributed by atoms with van der Waals surface area (Å²) < 4.78 is -1.36. The van der Waals surface area contributed by atoms with E-state index in [0.717, 1.165) is 0 Å². The molecule has 4 aromatic rings. The molecule has 594 valence electrons. The van der Waals surface area contributed by atoms with Gasteiger partial charge in [0.2, 0.25) is 70.9 Å². The molecular formula is C71H99ClN18O16S3. The lowest BCUT2D eigenvalue weighted by Gasteiger charge is -2.33. The molecule has 14 atom stereocenters. The molecule has 38 heteroatoms. The number of fused-ring (bicyclic) bond motifs is 1. The van der Waals surface area contributed by atoms with Crippen molar-refractivity contribution in [3.8, 4) is 5.75 Å². The van der Waals surface area contributed by atoms with Gasteiger partial charge in [0.15, 0.2) is 5.96 Å². The van der Waals surface area contributed by atoms with Gasteiger partial charge in [-0.05, 0) is 87.6 Å². The number of carbonyl (C=O) groups excluding carboxylic acids is 12. The Hall–Kier alpha value is -9.69. The van der Waals surface area contributed by atoms with E-state index >= 15 is 0 Å². The van der Waals surface area contributed by atoms with Crippen LogP contribution in [0.3, 0.4) is 0 Å². The maximum atomic E-state index is 14.7. The fraction of sp³-hybridized carbons (Fsp3) is 0.507. The molecule has 0 bridgehead atoms. The van der Waals surface area contributed by atoms with Crippen LogP contribution in [0.15, 0.2) is 102 Å². The molecule has 1 aromatic heterocycles. The van der Waals surface area contributed by atoms with Gasteiger partial charge >= 0.3 is 5.97 Å². The number of nitrogens with zero attached hydrogens (tertiary/aromatic N) is 4. The summed E-state index contributed by atoms with van der Waals surface area (Å²) in [7, 11) is 0. The number of aliphatic hydroxyl groups excluding tert-OH is 1. The van der Waals surface area contributed by atoms with Crippen molar-refractivity contribution in [2.24, 2.45) is 28.1 Å². The number of phenolic OH excluding ortho intramolecular Hbond substituents is 1. The lowest BCUT2D eigenvalue weighted by molar-refractivity contribution is -0.144. The van der Waals surface area contributed by atoms with Gasteiger partial charge in [0.1, 0.15) is 72.2 Å². The number of guanidine groups is 1. The summed E-state index contributed by atoms with van der Waals surface area (Å²) in [4.78, 5) is 196. The number of carbonyl (C=O) groups is 13. The smallest absolute Gasteiger partial charge is 0.327 e. The highest BCUT2D eigenvalue weighted by Gasteiger charge is 2.52. The molecule has 1 unspecified atom stereocenters. The summed E-state index contributed by atoms with van der Waals surface area (Å²) in [5, 5.41) is 56.1. The van der Waals surface area contributed by atoms with Crippen LogP contribution in [0.4, 0.5) is 0 Å². The molecule has 3 aromatic carbocycles. The molecular weight excluding hydrogens is 1490 g/mol. The predicted molar refractivity (Wildman–Crippen MR) is 412 cm³/mol. The second-order valence-corrected chi connectivity index (χ2v) is 30.5. The Kier molecular flexibility index (Phi) is 33.8. The number of rotatable bonds is 39. The van der Waals surface area contributed by atoms with Crippen LogP contribution in [0.25, 0.3) is 0 Å². The van der Waals surface area contributed by atoms with Crippen molar-refractivity contribution in [3.05, 3.63) is 120 Å². The number of benzene rings is 3. The Labute approximate surface area is 651 Å². The highest BCUT2D eigenvalue weighted by molar-refractivity contribution is 8.00.